The van der Waals surface area contributed by atoms with Crippen molar-refractivity contribution in [3.05, 3.63) is 91.1 Å². The van der Waals surface area contributed by atoms with Crippen LogP contribution >= 0.6 is 0 Å². The fraction of sp³-hybridized carbons (Fsp3) is 0. The van der Waals surface area contributed by atoms with Crippen molar-refractivity contribution in [3.8, 4) is 11.5 Å². The fourth-order valence-electron chi connectivity index (χ4n) is 2.84. The number of rotatable bonds is 4. The smallest absolute Gasteiger partial charge is 0.314 e. The Morgan fingerprint density at radius 1 is 0.690 bits per heavy atom. The number of para-hydroxylation sites is 4. The van der Waals surface area contributed by atoms with E-state index in [0.717, 1.165) is 5.39 Å². The molecule has 0 saturated heterocycles. The molecule has 2 amide bonds. The second-order valence-corrected chi connectivity index (χ2v) is 6.20. The summed E-state index contributed by atoms with van der Waals surface area (Å²) in [5.74, 6) is -0.535. The van der Waals surface area contributed by atoms with Crippen molar-refractivity contribution in [3.63, 3.8) is 0 Å². The molecule has 0 fully saturated rings. The van der Waals surface area contributed by atoms with E-state index in [9.17, 15) is 9.59 Å². The van der Waals surface area contributed by atoms with E-state index in [4.69, 9.17) is 4.74 Å². The van der Waals surface area contributed by atoms with Gasteiger partial charge in [0.15, 0.2) is 5.75 Å². The summed E-state index contributed by atoms with van der Waals surface area (Å²) < 4.78 is 5.81. The van der Waals surface area contributed by atoms with Crippen molar-refractivity contribution < 1.29 is 14.3 Å². The number of amides is 2. The highest BCUT2D eigenvalue weighted by Gasteiger charge is 2.17. The van der Waals surface area contributed by atoms with E-state index in [0.29, 0.717) is 28.4 Å². The van der Waals surface area contributed by atoms with Gasteiger partial charge in [0.05, 0.1) is 16.9 Å². The van der Waals surface area contributed by atoms with Gasteiger partial charge in [0.2, 0.25) is 0 Å². The summed E-state index contributed by atoms with van der Waals surface area (Å²) in [5.41, 5.74) is 1.48. The lowest BCUT2D eigenvalue weighted by Gasteiger charge is -2.12. The van der Waals surface area contributed by atoms with Crippen LogP contribution in [0, 0.1) is 0 Å². The summed E-state index contributed by atoms with van der Waals surface area (Å²) in [6.45, 7) is 0. The Kier molecular flexibility index (Phi) is 5.16. The lowest BCUT2D eigenvalue weighted by molar-refractivity contribution is -0.132. The van der Waals surface area contributed by atoms with Crippen LogP contribution in [-0.4, -0.2) is 16.8 Å². The highest BCUT2D eigenvalue weighted by molar-refractivity contribution is 6.44. The highest BCUT2D eigenvalue weighted by atomic mass is 16.5. The second kappa shape index (κ2) is 8.22. The molecule has 0 saturated carbocycles. The standard InChI is InChI=1S/C23H17N3O3/c27-22(23(28)26-19-13-6-8-16-9-7-15-24-21(16)19)25-18-12-4-5-14-20(18)29-17-10-2-1-3-11-17/h1-15H,(H,25,27)(H,26,28). The molecule has 3 aromatic carbocycles. The summed E-state index contributed by atoms with van der Waals surface area (Å²) in [6, 6.07) is 25.2. The van der Waals surface area contributed by atoms with E-state index in [1.807, 2.05) is 36.4 Å². The largest absolute Gasteiger partial charge is 0.455 e. The van der Waals surface area contributed by atoms with Crippen LogP contribution in [0.15, 0.2) is 91.1 Å². The van der Waals surface area contributed by atoms with Gasteiger partial charge in [-0.1, -0.05) is 48.5 Å². The number of aromatic nitrogens is 1. The maximum absolute atomic E-state index is 12.5. The fourth-order valence-corrected chi connectivity index (χ4v) is 2.84. The summed E-state index contributed by atoms with van der Waals surface area (Å²) in [6.07, 6.45) is 1.63. The van der Waals surface area contributed by atoms with E-state index < -0.39 is 11.8 Å². The minimum Gasteiger partial charge on any atom is -0.455 e. The molecule has 0 aliphatic heterocycles. The summed E-state index contributed by atoms with van der Waals surface area (Å²) in [4.78, 5) is 29.2. The number of nitrogens with one attached hydrogen (secondary N) is 2. The van der Waals surface area contributed by atoms with Gasteiger partial charge in [-0.2, -0.15) is 0 Å². The zero-order chi connectivity index (χ0) is 20.1. The maximum atomic E-state index is 12.5. The monoisotopic (exact) mass is 383 g/mol. The quantitative estimate of drug-likeness (QED) is 0.505. The van der Waals surface area contributed by atoms with E-state index >= 15 is 0 Å². The molecule has 0 spiro atoms. The molecule has 0 aliphatic rings. The molecule has 0 atom stereocenters. The Balaban J connectivity index is 1.50. The molecule has 0 radical (unpaired) electrons. The third-order valence-electron chi connectivity index (χ3n) is 4.19. The van der Waals surface area contributed by atoms with Gasteiger partial charge < -0.3 is 15.4 Å². The van der Waals surface area contributed by atoms with Crippen LogP contribution < -0.4 is 15.4 Å². The lowest BCUT2D eigenvalue weighted by atomic mass is 10.2. The van der Waals surface area contributed by atoms with E-state index in [2.05, 4.69) is 15.6 Å². The number of benzene rings is 3. The van der Waals surface area contributed by atoms with Gasteiger partial charge in [-0.05, 0) is 36.4 Å². The first-order valence-electron chi connectivity index (χ1n) is 8.99. The van der Waals surface area contributed by atoms with Crippen molar-refractivity contribution in [2.24, 2.45) is 0 Å². The molecule has 142 valence electrons. The summed E-state index contributed by atoms with van der Waals surface area (Å²) in [5, 5.41) is 6.09. The second-order valence-electron chi connectivity index (χ2n) is 6.20. The van der Waals surface area contributed by atoms with Crippen LogP contribution in [0.5, 0.6) is 11.5 Å². The van der Waals surface area contributed by atoms with E-state index in [-0.39, 0.29) is 0 Å². The number of pyridine rings is 1. The number of carbonyl (C=O) groups excluding carboxylic acids is 2. The minimum atomic E-state index is -0.804. The highest BCUT2D eigenvalue weighted by Crippen LogP contribution is 2.29. The van der Waals surface area contributed by atoms with Gasteiger partial charge in [-0.3, -0.25) is 14.6 Å². The molecule has 6 heteroatoms. The Hall–Kier alpha value is -4.19. The van der Waals surface area contributed by atoms with Crippen LogP contribution in [0.25, 0.3) is 10.9 Å². The van der Waals surface area contributed by atoms with Gasteiger partial charge in [-0.25, -0.2) is 0 Å². The van der Waals surface area contributed by atoms with Crippen molar-refractivity contribution in [2.45, 2.75) is 0 Å². The minimum absolute atomic E-state index is 0.396. The number of fused-ring (bicyclic) bond motifs is 1. The Bertz CT molecular complexity index is 1170. The lowest BCUT2D eigenvalue weighted by Crippen LogP contribution is -2.29. The number of nitrogens with zero attached hydrogens (tertiary/aromatic N) is 1. The number of ether oxygens (including phenoxy) is 1. The SMILES string of the molecule is O=C(Nc1ccccc1Oc1ccccc1)C(=O)Nc1cccc2cccnc12. The number of hydrogen-bond donors (Lipinski definition) is 2. The predicted molar refractivity (Wildman–Crippen MR) is 112 cm³/mol. The molecular formula is C23H17N3O3. The molecular weight excluding hydrogens is 366 g/mol. The topological polar surface area (TPSA) is 80.3 Å². The number of hydrogen-bond acceptors (Lipinski definition) is 4. The first-order valence-corrected chi connectivity index (χ1v) is 8.99. The van der Waals surface area contributed by atoms with Gasteiger partial charge in [0, 0.05) is 11.6 Å². The normalized spacial score (nSPS) is 10.3. The van der Waals surface area contributed by atoms with Crippen LogP contribution in [0.1, 0.15) is 0 Å². The number of anilines is 2. The molecule has 0 bridgehead atoms. The van der Waals surface area contributed by atoms with Crippen molar-refractivity contribution in [1.82, 2.24) is 4.98 Å². The van der Waals surface area contributed by atoms with Crippen LogP contribution in [0.3, 0.4) is 0 Å². The van der Waals surface area contributed by atoms with E-state index in [1.165, 1.54) is 0 Å². The van der Waals surface area contributed by atoms with Crippen molar-refractivity contribution in [1.29, 1.82) is 0 Å². The molecule has 4 aromatic rings. The van der Waals surface area contributed by atoms with Gasteiger partial charge in [-0.15, -0.1) is 0 Å². The first-order chi connectivity index (χ1) is 14.2. The van der Waals surface area contributed by atoms with Crippen LogP contribution in [0.4, 0.5) is 11.4 Å². The molecule has 0 unspecified atom stereocenters. The third-order valence-corrected chi connectivity index (χ3v) is 4.19. The van der Waals surface area contributed by atoms with E-state index in [1.54, 1.807) is 54.7 Å². The zero-order valence-electron chi connectivity index (χ0n) is 15.3. The van der Waals surface area contributed by atoms with Gasteiger partial charge in [0.25, 0.3) is 0 Å². The van der Waals surface area contributed by atoms with Crippen molar-refractivity contribution >= 4 is 34.1 Å². The average molecular weight is 383 g/mol. The molecule has 0 aliphatic carbocycles. The first kappa shape index (κ1) is 18.2. The molecule has 6 nitrogen and oxygen atoms in total. The Labute approximate surface area is 167 Å². The number of carbonyl (C=O) groups is 2. The van der Waals surface area contributed by atoms with Crippen LogP contribution in [0.2, 0.25) is 0 Å². The maximum Gasteiger partial charge on any atom is 0.314 e. The molecule has 2 N–H and O–H groups in total. The van der Waals surface area contributed by atoms with Crippen molar-refractivity contribution in [2.75, 3.05) is 10.6 Å². The Morgan fingerprint density at radius 2 is 1.34 bits per heavy atom. The third kappa shape index (κ3) is 4.22. The Morgan fingerprint density at radius 3 is 2.17 bits per heavy atom. The van der Waals surface area contributed by atoms with Crippen LogP contribution in [-0.2, 0) is 9.59 Å². The van der Waals surface area contributed by atoms with Gasteiger partial charge in [0.1, 0.15) is 5.75 Å². The molecule has 1 heterocycles. The summed E-state index contributed by atoms with van der Waals surface area (Å²) in [7, 11) is 0. The molecule has 1 aromatic heterocycles. The zero-order valence-corrected chi connectivity index (χ0v) is 15.3. The predicted octanol–water partition coefficient (Wildman–Crippen LogP) is 4.60. The molecule has 4 rings (SSSR count). The molecule has 29 heavy (non-hydrogen) atoms. The average Bonchev–Trinajstić information content (AvgIpc) is 2.76. The summed E-state index contributed by atoms with van der Waals surface area (Å²) >= 11 is 0. The van der Waals surface area contributed by atoms with Gasteiger partial charge >= 0.3 is 11.8 Å².